The maximum Gasteiger partial charge on any atom is 0.123 e. The highest BCUT2D eigenvalue weighted by atomic mass is 35.5. The highest BCUT2D eigenvalue weighted by molar-refractivity contribution is 6.31. The summed E-state index contributed by atoms with van der Waals surface area (Å²) in [4.78, 5) is 0. The van der Waals surface area contributed by atoms with Crippen LogP contribution in [0.2, 0.25) is 5.02 Å². The molecule has 0 aliphatic rings. The summed E-state index contributed by atoms with van der Waals surface area (Å²) in [5.74, 6) is 6.00. The molecule has 0 bridgehead atoms. The molecule has 0 radical (unpaired) electrons. The summed E-state index contributed by atoms with van der Waals surface area (Å²) in [6.45, 7) is 2.45. The van der Waals surface area contributed by atoms with Gasteiger partial charge >= 0.3 is 0 Å². The Labute approximate surface area is 128 Å². The SMILES string of the molecule is Cc1cccc(OCCC(NN)c2cc(F)ccc2Cl)c1. The van der Waals surface area contributed by atoms with Crippen molar-refractivity contribution >= 4 is 11.6 Å². The van der Waals surface area contributed by atoms with Crippen LogP contribution in [0.3, 0.4) is 0 Å². The summed E-state index contributed by atoms with van der Waals surface area (Å²) in [6, 6.07) is 11.8. The van der Waals surface area contributed by atoms with Gasteiger partial charge in [0.15, 0.2) is 0 Å². The standard InChI is InChI=1S/C16H18ClFN2O/c1-11-3-2-4-13(9-11)21-8-7-16(20-19)14-10-12(18)5-6-15(14)17/h2-6,9-10,16,20H,7-8,19H2,1H3. The Hall–Kier alpha value is -1.62. The number of benzene rings is 2. The van der Waals surface area contributed by atoms with Gasteiger partial charge in [-0.15, -0.1) is 0 Å². The Morgan fingerprint density at radius 3 is 2.81 bits per heavy atom. The molecule has 2 aromatic carbocycles. The number of rotatable bonds is 6. The summed E-state index contributed by atoms with van der Waals surface area (Å²) in [5, 5.41) is 0.481. The van der Waals surface area contributed by atoms with Crippen molar-refractivity contribution in [3.8, 4) is 5.75 Å². The van der Waals surface area contributed by atoms with Crippen molar-refractivity contribution in [1.29, 1.82) is 0 Å². The molecule has 21 heavy (non-hydrogen) atoms. The van der Waals surface area contributed by atoms with Crippen LogP contribution in [-0.4, -0.2) is 6.61 Å². The Kier molecular flexibility index (Phi) is 5.56. The lowest BCUT2D eigenvalue weighted by atomic mass is 10.0. The monoisotopic (exact) mass is 308 g/mol. The summed E-state index contributed by atoms with van der Waals surface area (Å²) in [5.41, 5.74) is 4.42. The molecule has 0 saturated heterocycles. The van der Waals surface area contributed by atoms with Crippen LogP contribution in [0.4, 0.5) is 4.39 Å². The van der Waals surface area contributed by atoms with E-state index in [0.29, 0.717) is 23.6 Å². The van der Waals surface area contributed by atoms with Crippen LogP contribution < -0.4 is 16.0 Å². The molecule has 0 amide bonds. The van der Waals surface area contributed by atoms with Crippen molar-refractivity contribution in [2.75, 3.05) is 6.61 Å². The molecule has 0 aromatic heterocycles. The number of ether oxygens (including phenoxy) is 1. The van der Waals surface area contributed by atoms with Crippen molar-refractivity contribution in [2.45, 2.75) is 19.4 Å². The van der Waals surface area contributed by atoms with Gasteiger partial charge in [-0.2, -0.15) is 0 Å². The molecule has 0 aliphatic heterocycles. The van der Waals surface area contributed by atoms with Crippen LogP contribution in [0, 0.1) is 12.7 Å². The summed E-state index contributed by atoms with van der Waals surface area (Å²) in [6.07, 6.45) is 0.577. The molecule has 0 heterocycles. The van der Waals surface area contributed by atoms with Gasteiger partial charge in [0.25, 0.3) is 0 Å². The van der Waals surface area contributed by atoms with Gasteiger partial charge in [0.05, 0.1) is 12.6 Å². The Morgan fingerprint density at radius 2 is 2.10 bits per heavy atom. The van der Waals surface area contributed by atoms with E-state index in [0.717, 1.165) is 11.3 Å². The smallest absolute Gasteiger partial charge is 0.123 e. The quantitative estimate of drug-likeness (QED) is 0.631. The second-order valence-electron chi connectivity index (χ2n) is 4.84. The van der Waals surface area contributed by atoms with Gasteiger partial charge in [0.1, 0.15) is 11.6 Å². The van der Waals surface area contributed by atoms with Crippen molar-refractivity contribution in [1.82, 2.24) is 5.43 Å². The lowest BCUT2D eigenvalue weighted by Crippen LogP contribution is -2.29. The van der Waals surface area contributed by atoms with E-state index >= 15 is 0 Å². The van der Waals surface area contributed by atoms with E-state index in [1.165, 1.54) is 18.2 Å². The maximum atomic E-state index is 13.3. The number of halogens is 2. The van der Waals surface area contributed by atoms with E-state index < -0.39 is 0 Å². The van der Waals surface area contributed by atoms with E-state index in [4.69, 9.17) is 22.2 Å². The minimum atomic E-state index is -0.339. The molecule has 0 fully saturated rings. The van der Waals surface area contributed by atoms with Crippen LogP contribution in [0.15, 0.2) is 42.5 Å². The zero-order valence-electron chi connectivity index (χ0n) is 11.8. The predicted molar refractivity (Wildman–Crippen MR) is 82.8 cm³/mol. The highest BCUT2D eigenvalue weighted by Gasteiger charge is 2.14. The van der Waals surface area contributed by atoms with Gasteiger partial charge in [-0.3, -0.25) is 11.3 Å². The Balaban J connectivity index is 1.98. The first-order valence-electron chi connectivity index (χ1n) is 6.70. The molecule has 5 heteroatoms. The van der Waals surface area contributed by atoms with E-state index in [2.05, 4.69) is 5.43 Å². The lowest BCUT2D eigenvalue weighted by molar-refractivity contribution is 0.287. The van der Waals surface area contributed by atoms with E-state index in [1.807, 2.05) is 31.2 Å². The van der Waals surface area contributed by atoms with Gasteiger partial charge in [-0.25, -0.2) is 4.39 Å². The number of hydrogen-bond acceptors (Lipinski definition) is 3. The first kappa shape index (κ1) is 15.8. The van der Waals surface area contributed by atoms with Crippen LogP contribution in [0.1, 0.15) is 23.6 Å². The van der Waals surface area contributed by atoms with E-state index in [9.17, 15) is 4.39 Å². The third kappa shape index (κ3) is 4.43. The molecule has 2 aromatic rings. The lowest BCUT2D eigenvalue weighted by Gasteiger charge is -2.18. The molecule has 1 unspecified atom stereocenters. The van der Waals surface area contributed by atoms with Crippen LogP contribution in [0.5, 0.6) is 5.75 Å². The van der Waals surface area contributed by atoms with Gasteiger partial charge < -0.3 is 4.74 Å². The molecule has 3 nitrogen and oxygen atoms in total. The molecule has 2 rings (SSSR count). The summed E-state index contributed by atoms with van der Waals surface area (Å²) in [7, 11) is 0. The van der Waals surface area contributed by atoms with Crippen molar-refractivity contribution in [2.24, 2.45) is 5.84 Å². The van der Waals surface area contributed by atoms with E-state index in [1.54, 1.807) is 0 Å². The number of hydrogen-bond donors (Lipinski definition) is 2. The number of nitrogens with two attached hydrogens (primary N) is 1. The first-order valence-corrected chi connectivity index (χ1v) is 7.08. The molecular formula is C16H18ClFN2O. The fraction of sp³-hybridized carbons (Fsp3) is 0.250. The molecule has 1 atom stereocenters. The largest absolute Gasteiger partial charge is 0.494 e. The minimum Gasteiger partial charge on any atom is -0.494 e. The van der Waals surface area contributed by atoms with Gasteiger partial charge in [0, 0.05) is 11.4 Å². The zero-order chi connectivity index (χ0) is 15.2. The van der Waals surface area contributed by atoms with Gasteiger partial charge in [-0.05, 0) is 48.4 Å². The summed E-state index contributed by atoms with van der Waals surface area (Å²) >= 11 is 6.08. The normalized spacial score (nSPS) is 12.2. The van der Waals surface area contributed by atoms with Gasteiger partial charge in [0.2, 0.25) is 0 Å². The maximum absolute atomic E-state index is 13.3. The molecule has 0 spiro atoms. The molecule has 0 saturated carbocycles. The topological polar surface area (TPSA) is 47.3 Å². The Bertz CT molecular complexity index is 607. The van der Waals surface area contributed by atoms with Crippen molar-refractivity contribution in [3.63, 3.8) is 0 Å². The van der Waals surface area contributed by atoms with Crippen LogP contribution in [-0.2, 0) is 0 Å². The predicted octanol–water partition coefficient (Wildman–Crippen LogP) is 3.76. The van der Waals surface area contributed by atoms with Crippen molar-refractivity contribution < 1.29 is 9.13 Å². The van der Waals surface area contributed by atoms with Crippen molar-refractivity contribution in [3.05, 3.63) is 64.4 Å². The molecule has 0 aliphatic carbocycles. The molecule has 3 N–H and O–H groups in total. The minimum absolute atomic E-state index is 0.266. The fourth-order valence-corrected chi connectivity index (χ4v) is 2.36. The second kappa shape index (κ2) is 7.41. The third-order valence-corrected chi connectivity index (χ3v) is 3.54. The zero-order valence-corrected chi connectivity index (χ0v) is 12.5. The van der Waals surface area contributed by atoms with Crippen LogP contribution in [0.25, 0.3) is 0 Å². The number of hydrazine groups is 1. The average molecular weight is 309 g/mol. The number of aryl methyl sites for hydroxylation is 1. The first-order chi connectivity index (χ1) is 10.1. The summed E-state index contributed by atoms with van der Waals surface area (Å²) < 4.78 is 19.0. The Morgan fingerprint density at radius 1 is 1.29 bits per heavy atom. The average Bonchev–Trinajstić information content (AvgIpc) is 2.47. The van der Waals surface area contributed by atoms with Gasteiger partial charge in [-0.1, -0.05) is 23.7 Å². The van der Waals surface area contributed by atoms with E-state index in [-0.39, 0.29) is 11.9 Å². The second-order valence-corrected chi connectivity index (χ2v) is 5.25. The molecular weight excluding hydrogens is 291 g/mol. The fourth-order valence-electron chi connectivity index (χ4n) is 2.11. The third-order valence-electron chi connectivity index (χ3n) is 3.20. The van der Waals surface area contributed by atoms with Crippen LogP contribution >= 0.6 is 11.6 Å². The molecule has 112 valence electrons. The number of nitrogens with one attached hydrogen (secondary N) is 1. The highest BCUT2D eigenvalue weighted by Crippen LogP contribution is 2.26.